The number of carboxylic acids is 1. The van der Waals surface area contributed by atoms with Crippen LogP contribution in [0.3, 0.4) is 0 Å². The third-order valence-corrected chi connectivity index (χ3v) is 3.33. The van der Waals surface area contributed by atoms with Gasteiger partial charge in [-0.25, -0.2) is 4.79 Å². The third kappa shape index (κ3) is 3.27. The van der Waals surface area contributed by atoms with Crippen molar-refractivity contribution in [2.24, 2.45) is 0 Å². The topological polar surface area (TPSA) is 87.7 Å². The van der Waals surface area contributed by atoms with Crippen LogP contribution in [-0.4, -0.2) is 36.7 Å². The van der Waals surface area contributed by atoms with E-state index >= 15 is 0 Å². The summed E-state index contributed by atoms with van der Waals surface area (Å²) in [5.41, 5.74) is 0.602. The molecule has 0 bridgehead atoms. The average molecular weight is 278 g/mol. The Labute approximate surface area is 117 Å². The number of anilines is 1. The molecule has 3 N–H and O–H groups in total. The summed E-state index contributed by atoms with van der Waals surface area (Å²) in [5, 5.41) is 14.9. The number of nitrogens with one attached hydrogen (secondary N) is 2. The normalized spacial score (nSPS) is 18.4. The van der Waals surface area contributed by atoms with Gasteiger partial charge in [-0.2, -0.15) is 0 Å². The zero-order valence-corrected chi connectivity index (χ0v) is 11.3. The van der Waals surface area contributed by atoms with E-state index in [4.69, 9.17) is 9.84 Å². The molecule has 1 unspecified atom stereocenters. The van der Waals surface area contributed by atoms with Gasteiger partial charge in [-0.1, -0.05) is 6.42 Å². The van der Waals surface area contributed by atoms with Gasteiger partial charge in [0.05, 0.1) is 13.2 Å². The van der Waals surface area contributed by atoms with Crippen LogP contribution in [0.15, 0.2) is 18.2 Å². The van der Waals surface area contributed by atoms with Crippen molar-refractivity contribution in [3.63, 3.8) is 0 Å². The number of hydrogen-bond donors (Lipinski definition) is 3. The number of amides is 1. The van der Waals surface area contributed by atoms with E-state index in [2.05, 4.69) is 10.6 Å². The van der Waals surface area contributed by atoms with Gasteiger partial charge in [-0.05, 0) is 31.5 Å². The molecule has 1 heterocycles. The van der Waals surface area contributed by atoms with E-state index < -0.39 is 5.97 Å². The fourth-order valence-electron chi connectivity index (χ4n) is 2.25. The summed E-state index contributed by atoms with van der Waals surface area (Å²) in [7, 11) is 1.40. The molecule has 1 atom stereocenters. The van der Waals surface area contributed by atoms with Crippen molar-refractivity contribution in [2.75, 3.05) is 19.0 Å². The van der Waals surface area contributed by atoms with Crippen LogP contribution in [0.5, 0.6) is 5.75 Å². The van der Waals surface area contributed by atoms with Crippen molar-refractivity contribution >= 4 is 17.6 Å². The molecule has 1 aliphatic rings. The molecule has 2 rings (SSSR count). The number of aromatic carboxylic acids is 1. The van der Waals surface area contributed by atoms with Gasteiger partial charge in [-0.3, -0.25) is 4.79 Å². The van der Waals surface area contributed by atoms with Crippen LogP contribution < -0.4 is 15.4 Å². The van der Waals surface area contributed by atoms with Crippen LogP contribution in [0.2, 0.25) is 0 Å². The Morgan fingerprint density at radius 2 is 2.20 bits per heavy atom. The van der Waals surface area contributed by atoms with Crippen molar-refractivity contribution in [1.82, 2.24) is 5.32 Å². The maximum atomic E-state index is 12.1. The summed E-state index contributed by atoms with van der Waals surface area (Å²) in [6.07, 6.45) is 2.94. The lowest BCUT2D eigenvalue weighted by Crippen LogP contribution is -2.43. The first-order valence-electron chi connectivity index (χ1n) is 6.57. The van der Waals surface area contributed by atoms with Crippen LogP contribution >= 0.6 is 0 Å². The minimum atomic E-state index is -1.06. The Balaban J connectivity index is 2.09. The fourth-order valence-corrected chi connectivity index (χ4v) is 2.25. The Morgan fingerprint density at radius 3 is 2.80 bits per heavy atom. The molecule has 20 heavy (non-hydrogen) atoms. The van der Waals surface area contributed by atoms with Crippen molar-refractivity contribution in [3.8, 4) is 5.75 Å². The van der Waals surface area contributed by atoms with Gasteiger partial charge < -0.3 is 20.5 Å². The van der Waals surface area contributed by atoms with E-state index in [1.54, 1.807) is 6.07 Å². The number of hydrogen-bond acceptors (Lipinski definition) is 4. The number of ether oxygens (including phenoxy) is 1. The summed E-state index contributed by atoms with van der Waals surface area (Å²) in [6.45, 7) is 0.847. The highest BCUT2D eigenvalue weighted by Gasteiger charge is 2.21. The van der Waals surface area contributed by atoms with Crippen molar-refractivity contribution < 1.29 is 19.4 Å². The fraction of sp³-hybridized carbons (Fsp3) is 0.429. The minimum absolute atomic E-state index is 0.0706. The van der Waals surface area contributed by atoms with Crippen LogP contribution in [-0.2, 0) is 4.79 Å². The highest BCUT2D eigenvalue weighted by Crippen LogP contribution is 2.23. The average Bonchev–Trinajstić information content (AvgIpc) is 2.47. The molecule has 1 saturated heterocycles. The zero-order chi connectivity index (χ0) is 14.5. The molecule has 0 saturated carbocycles. The molecule has 0 radical (unpaired) electrons. The van der Waals surface area contributed by atoms with E-state index in [0.29, 0.717) is 5.69 Å². The Bertz CT molecular complexity index is 510. The van der Waals surface area contributed by atoms with E-state index in [9.17, 15) is 9.59 Å². The number of carbonyl (C=O) groups excluding carboxylic acids is 1. The molecule has 0 spiro atoms. The predicted octanol–water partition coefficient (Wildman–Crippen LogP) is 1.47. The van der Waals surface area contributed by atoms with Gasteiger partial charge in [-0.15, -0.1) is 0 Å². The highest BCUT2D eigenvalue weighted by molar-refractivity contribution is 5.96. The number of piperidine rings is 1. The van der Waals surface area contributed by atoms with E-state index in [1.807, 2.05) is 0 Å². The monoisotopic (exact) mass is 278 g/mol. The summed E-state index contributed by atoms with van der Waals surface area (Å²) < 4.78 is 5.03. The van der Waals surface area contributed by atoms with Gasteiger partial charge in [0.1, 0.15) is 11.3 Å². The second-order valence-corrected chi connectivity index (χ2v) is 4.71. The zero-order valence-electron chi connectivity index (χ0n) is 11.3. The number of methoxy groups -OCH3 is 1. The molecule has 6 nitrogen and oxygen atoms in total. The minimum Gasteiger partial charge on any atom is -0.496 e. The molecule has 1 aliphatic heterocycles. The first-order valence-corrected chi connectivity index (χ1v) is 6.57. The molecule has 0 aromatic heterocycles. The molecule has 1 amide bonds. The van der Waals surface area contributed by atoms with Crippen LogP contribution in [0.25, 0.3) is 0 Å². The van der Waals surface area contributed by atoms with E-state index in [1.165, 1.54) is 19.2 Å². The quantitative estimate of drug-likeness (QED) is 0.776. The van der Waals surface area contributed by atoms with Gasteiger partial charge >= 0.3 is 5.97 Å². The molecule has 6 heteroatoms. The Hall–Kier alpha value is -2.08. The lowest BCUT2D eigenvalue weighted by molar-refractivity contribution is -0.118. The van der Waals surface area contributed by atoms with Gasteiger partial charge in [0, 0.05) is 11.8 Å². The lowest BCUT2D eigenvalue weighted by atomic mass is 10.0. The first kappa shape index (κ1) is 14.3. The number of benzene rings is 1. The molecule has 0 aliphatic carbocycles. The number of carboxylic acid groups (broad SMARTS) is 1. The summed E-state index contributed by atoms with van der Waals surface area (Å²) >= 11 is 0. The lowest BCUT2D eigenvalue weighted by Gasteiger charge is -2.22. The van der Waals surface area contributed by atoms with E-state index in [-0.39, 0.29) is 23.3 Å². The SMILES string of the molecule is COc1cc(NC(=O)C2CCCCN2)ccc1C(=O)O. The maximum Gasteiger partial charge on any atom is 0.339 e. The van der Waals surface area contributed by atoms with Crippen LogP contribution in [0.1, 0.15) is 29.6 Å². The Kier molecular flexibility index (Phi) is 4.57. The standard InChI is InChI=1S/C14H18N2O4/c1-20-12-8-9(5-6-10(12)14(18)19)16-13(17)11-4-2-3-7-15-11/h5-6,8,11,15H,2-4,7H2,1H3,(H,16,17)(H,18,19). The van der Waals surface area contributed by atoms with Crippen molar-refractivity contribution in [3.05, 3.63) is 23.8 Å². The van der Waals surface area contributed by atoms with Crippen LogP contribution in [0.4, 0.5) is 5.69 Å². The highest BCUT2D eigenvalue weighted by atomic mass is 16.5. The van der Waals surface area contributed by atoms with Gasteiger partial charge in [0.25, 0.3) is 0 Å². The summed E-state index contributed by atoms with van der Waals surface area (Å²) in [4.78, 5) is 23.0. The van der Waals surface area contributed by atoms with Crippen molar-refractivity contribution in [2.45, 2.75) is 25.3 Å². The van der Waals surface area contributed by atoms with E-state index in [0.717, 1.165) is 25.8 Å². The van der Waals surface area contributed by atoms with Gasteiger partial charge in [0.15, 0.2) is 0 Å². The molecule has 1 aromatic rings. The molecule has 1 aromatic carbocycles. The van der Waals surface area contributed by atoms with Crippen LogP contribution in [0, 0.1) is 0 Å². The molecule has 1 fully saturated rings. The second kappa shape index (κ2) is 6.38. The predicted molar refractivity (Wildman–Crippen MR) is 74.2 cm³/mol. The number of rotatable bonds is 4. The molecular formula is C14H18N2O4. The first-order chi connectivity index (χ1) is 9.61. The summed E-state index contributed by atoms with van der Waals surface area (Å²) in [5.74, 6) is -0.935. The maximum absolute atomic E-state index is 12.1. The Morgan fingerprint density at radius 1 is 1.40 bits per heavy atom. The third-order valence-electron chi connectivity index (χ3n) is 3.33. The molecule has 108 valence electrons. The smallest absolute Gasteiger partial charge is 0.339 e. The van der Waals surface area contributed by atoms with Crippen molar-refractivity contribution in [1.29, 1.82) is 0 Å². The van der Waals surface area contributed by atoms with Gasteiger partial charge in [0.2, 0.25) is 5.91 Å². The second-order valence-electron chi connectivity index (χ2n) is 4.71. The molecular weight excluding hydrogens is 260 g/mol. The largest absolute Gasteiger partial charge is 0.496 e. The summed E-state index contributed by atoms with van der Waals surface area (Å²) in [6, 6.07) is 4.32. The number of carbonyl (C=O) groups is 2.